The van der Waals surface area contributed by atoms with E-state index in [1.165, 1.54) is 16.8 Å². The topological polar surface area (TPSA) is 127 Å². The van der Waals surface area contributed by atoms with Crippen molar-refractivity contribution < 1.29 is 24.2 Å². The van der Waals surface area contributed by atoms with Crippen LogP contribution in [0, 0.1) is 0 Å². The zero-order valence-electron chi connectivity index (χ0n) is 15.6. The van der Waals surface area contributed by atoms with Crippen molar-refractivity contribution in [3.63, 3.8) is 0 Å². The maximum atomic E-state index is 12.1. The molecule has 1 aromatic rings. The summed E-state index contributed by atoms with van der Waals surface area (Å²) in [6.07, 6.45) is 0.733. The summed E-state index contributed by atoms with van der Waals surface area (Å²) in [4.78, 5) is 42.6. The number of nitrogens with zero attached hydrogens (tertiary/aromatic N) is 4. The van der Waals surface area contributed by atoms with Crippen LogP contribution in [0.15, 0.2) is 18.3 Å². The Morgan fingerprint density at radius 1 is 1.36 bits per heavy atom. The molecule has 2 aliphatic heterocycles. The lowest BCUT2D eigenvalue weighted by Gasteiger charge is -2.22. The van der Waals surface area contributed by atoms with Gasteiger partial charge in [-0.3, -0.25) is 19.5 Å². The summed E-state index contributed by atoms with van der Waals surface area (Å²) >= 11 is 0. The van der Waals surface area contributed by atoms with E-state index in [1.807, 2.05) is 11.0 Å². The first kappa shape index (κ1) is 19.8. The second kappa shape index (κ2) is 8.85. The summed E-state index contributed by atoms with van der Waals surface area (Å²) in [7, 11) is 0. The van der Waals surface area contributed by atoms with Crippen molar-refractivity contribution in [2.45, 2.75) is 13.0 Å². The van der Waals surface area contributed by atoms with Crippen LogP contribution in [0.2, 0.25) is 0 Å². The number of aliphatic hydroxyl groups is 1. The predicted molar refractivity (Wildman–Crippen MR) is 99.6 cm³/mol. The first-order valence-corrected chi connectivity index (χ1v) is 9.06. The minimum atomic E-state index is -0.533. The Kier molecular flexibility index (Phi) is 6.26. The van der Waals surface area contributed by atoms with Crippen LogP contribution in [-0.4, -0.2) is 85.0 Å². The molecular formula is C17H24N6O5. The minimum absolute atomic E-state index is 0.174. The molecule has 11 nitrogen and oxygen atoms in total. The van der Waals surface area contributed by atoms with Crippen LogP contribution in [0.3, 0.4) is 0 Å². The van der Waals surface area contributed by atoms with Crippen molar-refractivity contribution in [1.29, 1.82) is 0 Å². The van der Waals surface area contributed by atoms with Gasteiger partial charge in [0.15, 0.2) is 0 Å². The molecule has 0 aromatic carbocycles. The molecule has 1 atom stereocenters. The maximum absolute atomic E-state index is 12.1. The molecule has 3 N–H and O–H groups in total. The average Bonchev–Trinajstić information content (AvgIpc) is 2.90. The number of aliphatic hydroxyl groups excluding tert-OH is 1. The number of aromatic nitrogens is 1. The van der Waals surface area contributed by atoms with Gasteiger partial charge in [-0.2, -0.15) is 0 Å². The summed E-state index contributed by atoms with van der Waals surface area (Å²) in [5.41, 5.74) is 3.59. The van der Waals surface area contributed by atoms with Gasteiger partial charge in [0.05, 0.1) is 31.5 Å². The molecule has 0 bridgehead atoms. The van der Waals surface area contributed by atoms with E-state index in [9.17, 15) is 14.4 Å². The van der Waals surface area contributed by atoms with Gasteiger partial charge in [-0.25, -0.2) is 15.2 Å². The number of rotatable bonds is 5. The zero-order valence-corrected chi connectivity index (χ0v) is 15.6. The summed E-state index contributed by atoms with van der Waals surface area (Å²) in [5.74, 6) is 0.185. The van der Waals surface area contributed by atoms with Crippen molar-refractivity contribution in [1.82, 2.24) is 20.7 Å². The van der Waals surface area contributed by atoms with Crippen molar-refractivity contribution in [3.8, 4) is 0 Å². The van der Waals surface area contributed by atoms with Gasteiger partial charge >= 0.3 is 6.09 Å². The molecule has 0 radical (unpaired) electrons. The number of nitrogens with one attached hydrogen (secondary N) is 2. The van der Waals surface area contributed by atoms with Crippen LogP contribution in [0.1, 0.15) is 6.92 Å². The molecule has 3 heterocycles. The van der Waals surface area contributed by atoms with Crippen molar-refractivity contribution in [3.05, 3.63) is 18.3 Å². The van der Waals surface area contributed by atoms with Gasteiger partial charge in [-0.05, 0) is 12.1 Å². The second-order valence-corrected chi connectivity index (χ2v) is 6.53. The van der Waals surface area contributed by atoms with Crippen LogP contribution >= 0.6 is 0 Å². The molecule has 11 heteroatoms. The van der Waals surface area contributed by atoms with Gasteiger partial charge in [0.2, 0.25) is 5.91 Å². The molecule has 2 saturated heterocycles. The average molecular weight is 392 g/mol. The fourth-order valence-electron chi connectivity index (χ4n) is 3.08. The smallest absolute Gasteiger partial charge is 0.414 e. The molecule has 1 aromatic heterocycles. The van der Waals surface area contributed by atoms with Crippen molar-refractivity contribution >= 4 is 29.4 Å². The minimum Gasteiger partial charge on any atom is -0.442 e. The lowest BCUT2D eigenvalue weighted by molar-refractivity contribution is -0.137. The van der Waals surface area contributed by atoms with E-state index >= 15 is 0 Å². The Bertz CT molecular complexity index is 727. The number of hydrogen-bond donors (Lipinski definition) is 3. The van der Waals surface area contributed by atoms with E-state index < -0.39 is 18.8 Å². The Hall–Kier alpha value is -2.92. The highest BCUT2D eigenvalue weighted by molar-refractivity contribution is 5.89. The second-order valence-electron chi connectivity index (χ2n) is 6.53. The number of carbonyl (C=O) groups excluding carboxylic acids is 3. The molecule has 2 fully saturated rings. The Labute approximate surface area is 162 Å². The molecule has 152 valence electrons. The van der Waals surface area contributed by atoms with E-state index in [-0.39, 0.29) is 18.4 Å². The quantitative estimate of drug-likeness (QED) is 0.564. The Morgan fingerprint density at radius 2 is 2.18 bits per heavy atom. The fraction of sp³-hybridized carbons (Fsp3) is 0.529. The van der Waals surface area contributed by atoms with Gasteiger partial charge in [0.25, 0.3) is 5.91 Å². The molecule has 0 aliphatic carbocycles. The van der Waals surface area contributed by atoms with Gasteiger partial charge in [0.1, 0.15) is 18.5 Å². The fourth-order valence-corrected chi connectivity index (χ4v) is 3.08. The first-order valence-electron chi connectivity index (χ1n) is 9.06. The predicted octanol–water partition coefficient (Wildman–Crippen LogP) is -1.31. The van der Waals surface area contributed by atoms with Crippen LogP contribution in [0.4, 0.5) is 16.3 Å². The summed E-state index contributed by atoms with van der Waals surface area (Å²) in [6, 6.07) is 3.60. The van der Waals surface area contributed by atoms with Gasteiger partial charge in [0, 0.05) is 26.6 Å². The van der Waals surface area contributed by atoms with Gasteiger partial charge in [-0.15, -0.1) is 0 Å². The number of carbonyl (C=O) groups is 3. The molecule has 3 rings (SSSR count). The largest absolute Gasteiger partial charge is 0.442 e. The van der Waals surface area contributed by atoms with Crippen LogP contribution < -0.4 is 20.5 Å². The number of hydrazine groups is 1. The first-order chi connectivity index (χ1) is 13.5. The Balaban J connectivity index is 1.60. The number of cyclic esters (lactones) is 1. The van der Waals surface area contributed by atoms with Crippen LogP contribution in [-0.2, 0) is 14.3 Å². The SMILES string of the molecule is CC(=O)NC[C@H]1CN(c2ccc(N3CCNN(C(=O)CO)CC3)nc2)C(=O)O1. The molecule has 0 saturated carbocycles. The highest BCUT2D eigenvalue weighted by atomic mass is 16.6. The van der Waals surface area contributed by atoms with Gasteiger partial charge < -0.3 is 20.1 Å². The normalized spacial score (nSPS) is 20.0. The molecule has 3 amide bonds. The number of anilines is 2. The maximum Gasteiger partial charge on any atom is 0.414 e. The number of amides is 3. The third kappa shape index (κ3) is 4.67. The molecule has 28 heavy (non-hydrogen) atoms. The molecule has 0 spiro atoms. The highest BCUT2D eigenvalue weighted by Crippen LogP contribution is 2.23. The number of hydrogen-bond acceptors (Lipinski definition) is 8. The molecule has 0 unspecified atom stereocenters. The summed E-state index contributed by atoms with van der Waals surface area (Å²) in [5, 5.41) is 13.0. The van der Waals surface area contributed by atoms with Crippen LogP contribution in [0.25, 0.3) is 0 Å². The third-order valence-corrected chi connectivity index (χ3v) is 4.53. The number of ether oxygens (including phenoxy) is 1. The molecule has 2 aliphatic rings. The zero-order chi connectivity index (χ0) is 20.1. The van der Waals surface area contributed by atoms with Gasteiger partial charge in [-0.1, -0.05) is 0 Å². The van der Waals surface area contributed by atoms with E-state index in [1.54, 1.807) is 12.3 Å². The van der Waals surface area contributed by atoms with Crippen molar-refractivity contribution in [2.24, 2.45) is 0 Å². The standard InChI is InChI=1S/C17H24N6O5/c1-12(25)18-9-14-10-22(17(27)28-14)13-2-3-15(19-8-13)21-5-4-20-23(7-6-21)16(26)11-24/h2-3,8,14,20,24H,4-7,9-11H2,1H3,(H,18,25)/t14-/m0/s1. The van der Waals surface area contributed by atoms with Crippen LogP contribution in [0.5, 0.6) is 0 Å². The Morgan fingerprint density at radius 3 is 2.86 bits per heavy atom. The van der Waals surface area contributed by atoms with E-state index in [4.69, 9.17) is 9.84 Å². The van der Waals surface area contributed by atoms with E-state index in [0.717, 1.165) is 5.82 Å². The third-order valence-electron chi connectivity index (χ3n) is 4.53. The van der Waals surface area contributed by atoms with Crippen molar-refractivity contribution in [2.75, 3.05) is 55.7 Å². The number of pyridine rings is 1. The van der Waals surface area contributed by atoms with E-state index in [0.29, 0.717) is 38.4 Å². The van der Waals surface area contributed by atoms with E-state index in [2.05, 4.69) is 15.7 Å². The lowest BCUT2D eigenvalue weighted by atomic mass is 10.3. The lowest BCUT2D eigenvalue weighted by Crippen LogP contribution is -2.45. The monoisotopic (exact) mass is 392 g/mol. The highest BCUT2D eigenvalue weighted by Gasteiger charge is 2.32. The molecular weight excluding hydrogens is 368 g/mol. The summed E-state index contributed by atoms with van der Waals surface area (Å²) in [6.45, 7) is 3.66. The summed E-state index contributed by atoms with van der Waals surface area (Å²) < 4.78 is 5.25.